The summed E-state index contributed by atoms with van der Waals surface area (Å²) in [5, 5.41) is 10.9. The van der Waals surface area contributed by atoms with Gasteiger partial charge in [-0.2, -0.15) is 0 Å². The van der Waals surface area contributed by atoms with Gasteiger partial charge in [-0.15, -0.1) is 11.3 Å². The summed E-state index contributed by atoms with van der Waals surface area (Å²) in [5.74, 6) is 0. The summed E-state index contributed by atoms with van der Waals surface area (Å²) >= 11 is 1.91. The first-order valence-electron chi connectivity index (χ1n) is 18.8. The lowest BCUT2D eigenvalue weighted by atomic mass is 9.84. The predicted octanol–water partition coefficient (Wildman–Crippen LogP) is 15.3. The standard InChI is InChI=1S/C51H42S/c1-4-6-21-39(35-16-8-7-9-17-35)42-30-29-36-18-10-11-22-40(36)46(42)32-34(5-2)33(3)37-19-12-20-38(31-37)41-23-13-24-43-44-25-14-27-47-50(44)51-45(49(41)43)26-15-28-48(51)52-47/h7-31H,4-6,32H2,1-3H3/b34-33?,39-21+. The monoisotopic (exact) mass is 686 g/mol. The second kappa shape index (κ2) is 13.6. The zero-order chi connectivity index (χ0) is 35.2. The van der Waals surface area contributed by atoms with Gasteiger partial charge in [-0.3, -0.25) is 0 Å². The molecule has 0 saturated carbocycles. The lowest BCUT2D eigenvalue weighted by Crippen LogP contribution is -2.01. The summed E-state index contributed by atoms with van der Waals surface area (Å²) in [6.07, 6.45) is 6.53. The van der Waals surface area contributed by atoms with Crippen molar-refractivity contribution in [1.82, 2.24) is 0 Å². The van der Waals surface area contributed by atoms with Gasteiger partial charge in [-0.1, -0.05) is 159 Å². The van der Waals surface area contributed by atoms with Crippen molar-refractivity contribution < 1.29 is 0 Å². The van der Waals surface area contributed by atoms with Crippen LogP contribution in [0, 0.1) is 0 Å². The minimum absolute atomic E-state index is 0.910. The highest BCUT2D eigenvalue weighted by atomic mass is 32.1. The first-order chi connectivity index (χ1) is 25.6. The largest absolute Gasteiger partial charge is 0.135 e. The Bertz CT molecular complexity index is 2810. The molecule has 0 radical (unpaired) electrons. The summed E-state index contributed by atoms with van der Waals surface area (Å²) in [4.78, 5) is 0. The summed E-state index contributed by atoms with van der Waals surface area (Å²) in [6, 6.07) is 54.4. The maximum Gasteiger partial charge on any atom is 0.0361 e. The quantitative estimate of drug-likeness (QED) is 0.133. The van der Waals surface area contributed by atoms with Crippen molar-refractivity contribution in [3.63, 3.8) is 0 Å². The predicted molar refractivity (Wildman–Crippen MR) is 230 cm³/mol. The minimum Gasteiger partial charge on any atom is -0.135 e. The molecule has 9 rings (SSSR count). The highest BCUT2D eigenvalue weighted by Gasteiger charge is 2.19. The Balaban J connectivity index is 1.19. The molecule has 9 aromatic rings. The number of hydrogen-bond acceptors (Lipinski definition) is 1. The fourth-order valence-corrected chi connectivity index (χ4v) is 9.69. The van der Waals surface area contributed by atoms with Gasteiger partial charge in [0, 0.05) is 20.2 Å². The lowest BCUT2D eigenvalue weighted by Gasteiger charge is -2.20. The Kier molecular flexibility index (Phi) is 8.45. The maximum atomic E-state index is 2.45. The molecular weight excluding hydrogens is 645 g/mol. The van der Waals surface area contributed by atoms with Crippen LogP contribution in [0.4, 0.5) is 0 Å². The number of benzene rings is 8. The van der Waals surface area contributed by atoms with Crippen LogP contribution in [0.15, 0.2) is 157 Å². The van der Waals surface area contributed by atoms with Crippen LogP contribution in [-0.2, 0) is 6.42 Å². The highest BCUT2D eigenvalue weighted by molar-refractivity contribution is 7.26. The van der Waals surface area contributed by atoms with Crippen LogP contribution in [0.25, 0.3) is 74.8 Å². The molecule has 0 spiro atoms. The fraction of sp³-hybridized carbons (Fsp3) is 0.137. The SMILES string of the molecule is CCC/C=C(\c1ccccc1)c1ccc2ccccc2c1CC(CC)=C(C)c1cccc(-c2cccc3c4cccc5sc6cccc(c23)c6c54)c1. The molecule has 1 heteroatoms. The molecule has 0 fully saturated rings. The molecule has 0 amide bonds. The Morgan fingerprint density at radius 2 is 1.23 bits per heavy atom. The van der Waals surface area contributed by atoms with Crippen molar-refractivity contribution in [1.29, 1.82) is 0 Å². The average Bonchev–Trinajstić information content (AvgIpc) is 3.60. The Hall–Kier alpha value is -5.50. The van der Waals surface area contributed by atoms with Crippen LogP contribution >= 0.6 is 11.3 Å². The molecule has 0 N–H and O–H groups in total. The number of fused-ring (bicyclic) bond motifs is 4. The first-order valence-corrected chi connectivity index (χ1v) is 19.6. The van der Waals surface area contributed by atoms with Gasteiger partial charge < -0.3 is 0 Å². The molecule has 0 aliphatic carbocycles. The third-order valence-electron chi connectivity index (χ3n) is 11.2. The van der Waals surface area contributed by atoms with Crippen molar-refractivity contribution in [2.24, 2.45) is 0 Å². The molecule has 0 saturated heterocycles. The zero-order valence-electron chi connectivity index (χ0n) is 30.2. The topological polar surface area (TPSA) is 0 Å². The molecule has 1 aromatic heterocycles. The Labute approximate surface area is 310 Å². The molecule has 0 nitrogen and oxygen atoms in total. The molecule has 0 bridgehead atoms. The van der Waals surface area contributed by atoms with Crippen molar-refractivity contribution in [2.75, 3.05) is 0 Å². The van der Waals surface area contributed by atoms with E-state index in [1.54, 1.807) is 0 Å². The number of rotatable bonds is 9. The first kappa shape index (κ1) is 32.4. The van der Waals surface area contributed by atoms with Crippen molar-refractivity contribution in [3.8, 4) is 11.1 Å². The molecule has 0 atom stereocenters. The third-order valence-corrected chi connectivity index (χ3v) is 12.3. The maximum absolute atomic E-state index is 2.45. The lowest BCUT2D eigenvalue weighted by molar-refractivity contribution is 0.959. The van der Waals surface area contributed by atoms with Crippen LogP contribution in [0.2, 0.25) is 0 Å². The Morgan fingerprint density at radius 1 is 0.577 bits per heavy atom. The molecule has 0 aliphatic rings. The van der Waals surface area contributed by atoms with Gasteiger partial charge in [-0.05, 0) is 121 Å². The molecule has 52 heavy (non-hydrogen) atoms. The second-order valence-corrected chi connectivity index (χ2v) is 15.2. The van der Waals surface area contributed by atoms with Crippen LogP contribution in [-0.4, -0.2) is 0 Å². The molecule has 0 unspecified atom stereocenters. The van der Waals surface area contributed by atoms with Crippen LogP contribution in [0.1, 0.15) is 62.3 Å². The molecule has 8 aromatic carbocycles. The van der Waals surface area contributed by atoms with E-state index in [1.807, 2.05) is 11.3 Å². The summed E-state index contributed by atoms with van der Waals surface area (Å²) < 4.78 is 2.74. The average molecular weight is 687 g/mol. The van der Waals surface area contributed by atoms with Crippen LogP contribution in [0.5, 0.6) is 0 Å². The molecular formula is C51H42S. The zero-order valence-corrected chi connectivity index (χ0v) is 31.0. The van der Waals surface area contributed by atoms with Gasteiger partial charge in [0.15, 0.2) is 0 Å². The van der Waals surface area contributed by atoms with E-state index in [0.717, 1.165) is 25.7 Å². The van der Waals surface area contributed by atoms with E-state index in [0.29, 0.717) is 0 Å². The fourth-order valence-electron chi connectivity index (χ4n) is 8.54. The van der Waals surface area contributed by atoms with E-state index in [1.165, 1.54) is 103 Å². The van der Waals surface area contributed by atoms with Gasteiger partial charge in [0.2, 0.25) is 0 Å². The van der Waals surface area contributed by atoms with Gasteiger partial charge in [0.25, 0.3) is 0 Å². The van der Waals surface area contributed by atoms with Gasteiger partial charge in [0.1, 0.15) is 0 Å². The minimum atomic E-state index is 0.910. The normalized spacial score (nSPS) is 12.9. The van der Waals surface area contributed by atoms with Crippen LogP contribution < -0.4 is 0 Å². The highest BCUT2D eigenvalue weighted by Crippen LogP contribution is 2.47. The van der Waals surface area contributed by atoms with E-state index in [4.69, 9.17) is 0 Å². The van der Waals surface area contributed by atoms with Crippen molar-refractivity contribution in [2.45, 2.75) is 46.5 Å². The number of hydrogen-bond donors (Lipinski definition) is 0. The van der Waals surface area contributed by atoms with E-state index in [9.17, 15) is 0 Å². The number of allylic oxidation sites excluding steroid dienone is 3. The van der Waals surface area contributed by atoms with Gasteiger partial charge in [-0.25, -0.2) is 0 Å². The smallest absolute Gasteiger partial charge is 0.0361 e. The van der Waals surface area contributed by atoms with Crippen molar-refractivity contribution in [3.05, 3.63) is 179 Å². The molecule has 1 heterocycles. The third kappa shape index (κ3) is 5.43. The van der Waals surface area contributed by atoms with Crippen molar-refractivity contribution >= 4 is 75.0 Å². The van der Waals surface area contributed by atoms with Gasteiger partial charge in [0.05, 0.1) is 0 Å². The summed E-state index contributed by atoms with van der Waals surface area (Å²) in [7, 11) is 0. The van der Waals surface area contributed by atoms with E-state index >= 15 is 0 Å². The van der Waals surface area contributed by atoms with Crippen LogP contribution in [0.3, 0.4) is 0 Å². The number of unbranched alkanes of at least 4 members (excludes halogenated alkanes) is 1. The second-order valence-electron chi connectivity index (χ2n) is 14.1. The summed E-state index contributed by atoms with van der Waals surface area (Å²) in [6.45, 7) is 6.93. The molecule has 0 aliphatic heterocycles. The molecule has 252 valence electrons. The van der Waals surface area contributed by atoms with E-state index < -0.39 is 0 Å². The number of thiophene rings is 1. The van der Waals surface area contributed by atoms with E-state index in [-0.39, 0.29) is 0 Å². The Morgan fingerprint density at radius 3 is 2.02 bits per heavy atom. The van der Waals surface area contributed by atoms with Gasteiger partial charge >= 0.3 is 0 Å². The van der Waals surface area contributed by atoms with E-state index in [2.05, 4.69) is 172 Å². The summed E-state index contributed by atoms with van der Waals surface area (Å²) in [5.41, 5.74) is 12.1.